The summed E-state index contributed by atoms with van der Waals surface area (Å²) in [6.45, 7) is 3.21. The minimum absolute atomic E-state index is 0.0678. The summed E-state index contributed by atoms with van der Waals surface area (Å²) in [6, 6.07) is 4.82. The molecule has 0 aliphatic heterocycles. The summed E-state index contributed by atoms with van der Waals surface area (Å²) in [7, 11) is 1.48. The Morgan fingerprint density at radius 1 is 1.32 bits per heavy atom. The minimum Gasteiger partial charge on any atom is -0.493 e. The molecular formula is C15H16N2O4S. The second-order valence-corrected chi connectivity index (χ2v) is 5.77. The van der Waals surface area contributed by atoms with Crippen LogP contribution in [-0.2, 0) is 4.79 Å². The number of nitrogens with zero attached hydrogens (tertiary/aromatic N) is 1. The van der Waals surface area contributed by atoms with E-state index in [-0.39, 0.29) is 18.3 Å². The highest BCUT2D eigenvalue weighted by atomic mass is 32.1. The number of thiazole rings is 1. The number of benzene rings is 1. The second-order valence-electron chi connectivity index (χ2n) is 4.53. The first-order chi connectivity index (χ1) is 10.5. The molecule has 2 aromatic rings. The number of carbonyl (C=O) groups is 2. The van der Waals surface area contributed by atoms with E-state index in [4.69, 9.17) is 9.47 Å². The van der Waals surface area contributed by atoms with Gasteiger partial charge in [0.15, 0.2) is 29.0 Å². The first kappa shape index (κ1) is 16.0. The molecule has 1 aromatic carbocycles. The maximum atomic E-state index is 11.8. The molecule has 1 aromatic heterocycles. The number of rotatable bonds is 6. The van der Waals surface area contributed by atoms with E-state index in [2.05, 4.69) is 10.3 Å². The predicted octanol–water partition coefficient (Wildman–Crippen LogP) is 2.68. The summed E-state index contributed by atoms with van der Waals surface area (Å²) in [4.78, 5) is 28.2. The molecule has 0 spiro atoms. The Hall–Kier alpha value is -2.41. The SMILES string of the molecule is COc1cc(C(C)=O)ccc1OCC(=O)Nc1ncc(C)s1. The lowest BCUT2D eigenvalue weighted by atomic mass is 10.1. The van der Waals surface area contributed by atoms with Crippen molar-refractivity contribution in [3.8, 4) is 11.5 Å². The molecule has 0 saturated carbocycles. The van der Waals surface area contributed by atoms with E-state index in [0.717, 1.165) is 4.88 Å². The van der Waals surface area contributed by atoms with Crippen LogP contribution in [0.25, 0.3) is 0 Å². The lowest BCUT2D eigenvalue weighted by Gasteiger charge is -2.11. The van der Waals surface area contributed by atoms with E-state index in [9.17, 15) is 9.59 Å². The number of carbonyl (C=O) groups excluding carboxylic acids is 2. The third-order valence-corrected chi connectivity index (χ3v) is 3.62. The zero-order valence-electron chi connectivity index (χ0n) is 12.5. The summed E-state index contributed by atoms with van der Waals surface area (Å²) < 4.78 is 10.6. The van der Waals surface area contributed by atoms with Gasteiger partial charge in [-0.2, -0.15) is 0 Å². The van der Waals surface area contributed by atoms with Crippen molar-refractivity contribution in [3.63, 3.8) is 0 Å². The van der Waals surface area contributed by atoms with E-state index in [1.54, 1.807) is 24.4 Å². The number of anilines is 1. The molecule has 0 unspecified atom stereocenters. The van der Waals surface area contributed by atoms with Crippen LogP contribution in [0.3, 0.4) is 0 Å². The molecule has 6 nitrogen and oxygen atoms in total. The van der Waals surface area contributed by atoms with Gasteiger partial charge in [0.25, 0.3) is 5.91 Å². The summed E-state index contributed by atoms with van der Waals surface area (Å²) in [5.74, 6) is 0.428. The topological polar surface area (TPSA) is 77.5 Å². The van der Waals surface area contributed by atoms with Crippen LogP contribution in [-0.4, -0.2) is 30.4 Å². The molecule has 0 aliphatic rings. The van der Waals surface area contributed by atoms with Crippen LogP contribution in [0.5, 0.6) is 11.5 Å². The monoisotopic (exact) mass is 320 g/mol. The Morgan fingerprint density at radius 3 is 2.68 bits per heavy atom. The number of aryl methyl sites for hydroxylation is 1. The fourth-order valence-corrected chi connectivity index (χ4v) is 2.40. The van der Waals surface area contributed by atoms with E-state index < -0.39 is 0 Å². The molecule has 0 fully saturated rings. The van der Waals surface area contributed by atoms with E-state index in [1.807, 2.05) is 6.92 Å². The van der Waals surface area contributed by atoms with Crippen LogP contribution in [0.2, 0.25) is 0 Å². The molecule has 0 radical (unpaired) electrons. The number of methoxy groups -OCH3 is 1. The Bertz CT molecular complexity index is 697. The Morgan fingerprint density at radius 2 is 2.09 bits per heavy atom. The molecule has 1 amide bonds. The molecule has 116 valence electrons. The molecule has 7 heteroatoms. The zero-order chi connectivity index (χ0) is 16.1. The van der Waals surface area contributed by atoms with Gasteiger partial charge in [-0.25, -0.2) is 4.98 Å². The number of hydrogen-bond acceptors (Lipinski definition) is 6. The minimum atomic E-state index is -0.313. The summed E-state index contributed by atoms with van der Waals surface area (Å²) >= 11 is 1.39. The number of amides is 1. The number of hydrogen-bond donors (Lipinski definition) is 1. The van der Waals surface area contributed by atoms with Crippen molar-refractivity contribution in [1.29, 1.82) is 0 Å². The largest absolute Gasteiger partial charge is 0.493 e. The van der Waals surface area contributed by atoms with Gasteiger partial charge in [-0.05, 0) is 32.0 Å². The van der Waals surface area contributed by atoms with Crippen molar-refractivity contribution in [2.45, 2.75) is 13.8 Å². The fraction of sp³-hybridized carbons (Fsp3) is 0.267. The Balaban J connectivity index is 1.98. The van der Waals surface area contributed by atoms with Crippen molar-refractivity contribution < 1.29 is 19.1 Å². The van der Waals surface area contributed by atoms with Gasteiger partial charge in [-0.15, -0.1) is 11.3 Å². The van der Waals surface area contributed by atoms with E-state index in [0.29, 0.717) is 22.2 Å². The third-order valence-electron chi connectivity index (χ3n) is 2.80. The molecule has 0 bridgehead atoms. The highest BCUT2D eigenvalue weighted by Gasteiger charge is 2.11. The third kappa shape index (κ3) is 4.05. The molecule has 0 atom stereocenters. The number of aromatic nitrogens is 1. The molecule has 0 saturated heterocycles. The van der Waals surface area contributed by atoms with Crippen LogP contribution in [0.15, 0.2) is 24.4 Å². The quantitative estimate of drug-likeness (QED) is 0.828. The number of ketones is 1. The Kier molecular flexibility index (Phi) is 5.11. The molecule has 1 heterocycles. The number of ether oxygens (including phenoxy) is 2. The van der Waals surface area contributed by atoms with Gasteiger partial charge in [-0.3, -0.25) is 14.9 Å². The van der Waals surface area contributed by atoms with Crippen LogP contribution in [0.4, 0.5) is 5.13 Å². The predicted molar refractivity (Wildman–Crippen MR) is 84.0 cm³/mol. The van der Waals surface area contributed by atoms with Gasteiger partial charge >= 0.3 is 0 Å². The zero-order valence-corrected chi connectivity index (χ0v) is 13.3. The lowest BCUT2D eigenvalue weighted by Crippen LogP contribution is -2.20. The Labute approximate surface area is 132 Å². The van der Waals surface area contributed by atoms with Gasteiger partial charge in [0.05, 0.1) is 7.11 Å². The van der Waals surface area contributed by atoms with Gasteiger partial charge in [0.1, 0.15) is 0 Å². The van der Waals surface area contributed by atoms with Gasteiger partial charge in [0.2, 0.25) is 0 Å². The van der Waals surface area contributed by atoms with Crippen LogP contribution >= 0.6 is 11.3 Å². The molecule has 22 heavy (non-hydrogen) atoms. The summed E-state index contributed by atoms with van der Waals surface area (Å²) in [5, 5.41) is 3.18. The maximum absolute atomic E-state index is 11.8. The van der Waals surface area contributed by atoms with Crippen molar-refractivity contribution >= 4 is 28.2 Å². The summed E-state index contributed by atoms with van der Waals surface area (Å²) in [6.07, 6.45) is 1.69. The van der Waals surface area contributed by atoms with Crippen LogP contribution < -0.4 is 14.8 Å². The first-order valence-electron chi connectivity index (χ1n) is 6.53. The van der Waals surface area contributed by atoms with Crippen LogP contribution in [0, 0.1) is 6.92 Å². The average molecular weight is 320 g/mol. The number of Topliss-reactive ketones (excluding diaryl/α,β-unsaturated/α-hetero) is 1. The van der Waals surface area contributed by atoms with Crippen molar-refractivity contribution in [2.24, 2.45) is 0 Å². The van der Waals surface area contributed by atoms with E-state index in [1.165, 1.54) is 25.4 Å². The van der Waals surface area contributed by atoms with Gasteiger partial charge in [-0.1, -0.05) is 0 Å². The average Bonchev–Trinajstić information content (AvgIpc) is 2.89. The van der Waals surface area contributed by atoms with E-state index >= 15 is 0 Å². The lowest BCUT2D eigenvalue weighted by molar-refractivity contribution is -0.118. The smallest absolute Gasteiger partial charge is 0.264 e. The van der Waals surface area contributed by atoms with Crippen molar-refractivity contribution in [2.75, 3.05) is 19.0 Å². The maximum Gasteiger partial charge on any atom is 0.264 e. The molecule has 2 rings (SSSR count). The molecule has 1 N–H and O–H groups in total. The van der Waals surface area contributed by atoms with Crippen molar-refractivity contribution in [1.82, 2.24) is 4.98 Å². The normalized spacial score (nSPS) is 10.1. The van der Waals surface area contributed by atoms with Gasteiger partial charge < -0.3 is 9.47 Å². The second kappa shape index (κ2) is 7.04. The fourth-order valence-electron chi connectivity index (χ4n) is 1.72. The van der Waals surface area contributed by atoms with Crippen molar-refractivity contribution in [3.05, 3.63) is 34.8 Å². The van der Waals surface area contributed by atoms with Crippen LogP contribution in [0.1, 0.15) is 22.2 Å². The highest BCUT2D eigenvalue weighted by molar-refractivity contribution is 7.15. The molecule has 0 aliphatic carbocycles. The van der Waals surface area contributed by atoms with Gasteiger partial charge in [0, 0.05) is 16.6 Å². The standard InChI is InChI=1S/C15H16N2O4S/c1-9-7-16-15(22-9)17-14(19)8-21-12-5-4-11(10(2)18)6-13(12)20-3/h4-7H,8H2,1-3H3,(H,16,17,19). The first-order valence-corrected chi connectivity index (χ1v) is 7.35. The summed E-state index contributed by atoms with van der Waals surface area (Å²) in [5.41, 5.74) is 0.520. The number of nitrogens with one attached hydrogen (secondary N) is 1. The highest BCUT2D eigenvalue weighted by Crippen LogP contribution is 2.28. The molecular weight excluding hydrogens is 304 g/mol.